The fourth-order valence-electron chi connectivity index (χ4n) is 1.83. The topological polar surface area (TPSA) is 49.4 Å². The molecule has 0 amide bonds. The van der Waals surface area contributed by atoms with Gasteiger partial charge in [-0.15, -0.1) is 0 Å². The SMILES string of the molecule is C=C(C)CN(C)S(=O)(=O)c1cc(Br)cc(CNCC)c1F. The van der Waals surface area contributed by atoms with Crippen LogP contribution in [0.4, 0.5) is 4.39 Å². The minimum absolute atomic E-state index is 0.150. The van der Waals surface area contributed by atoms with Crippen LogP contribution in [0, 0.1) is 5.82 Å². The molecule has 7 heteroatoms. The van der Waals surface area contributed by atoms with Crippen LogP contribution in [0.2, 0.25) is 0 Å². The average Bonchev–Trinajstić information content (AvgIpc) is 2.38. The Kier molecular flexibility index (Phi) is 6.52. The van der Waals surface area contributed by atoms with Gasteiger partial charge in [-0.2, -0.15) is 4.31 Å². The average molecular weight is 379 g/mol. The van der Waals surface area contributed by atoms with E-state index in [0.29, 0.717) is 22.2 Å². The van der Waals surface area contributed by atoms with Gasteiger partial charge in [0.05, 0.1) is 0 Å². The van der Waals surface area contributed by atoms with Crippen LogP contribution in [0.5, 0.6) is 0 Å². The Morgan fingerprint density at radius 2 is 2.10 bits per heavy atom. The Morgan fingerprint density at radius 3 is 2.62 bits per heavy atom. The second-order valence-electron chi connectivity index (χ2n) is 4.88. The molecule has 0 aliphatic rings. The molecule has 1 aromatic rings. The van der Waals surface area contributed by atoms with Gasteiger partial charge in [0.15, 0.2) is 0 Å². The summed E-state index contributed by atoms with van der Waals surface area (Å²) in [7, 11) is -2.48. The van der Waals surface area contributed by atoms with Gasteiger partial charge >= 0.3 is 0 Å². The van der Waals surface area contributed by atoms with Crippen LogP contribution in [0.25, 0.3) is 0 Å². The number of sulfonamides is 1. The molecule has 0 aromatic heterocycles. The van der Waals surface area contributed by atoms with E-state index in [1.54, 1.807) is 13.0 Å². The lowest BCUT2D eigenvalue weighted by Gasteiger charge is -2.19. The van der Waals surface area contributed by atoms with Crippen molar-refractivity contribution in [3.8, 4) is 0 Å². The van der Waals surface area contributed by atoms with Crippen molar-refractivity contribution in [1.29, 1.82) is 0 Å². The highest BCUT2D eigenvalue weighted by molar-refractivity contribution is 9.10. The van der Waals surface area contributed by atoms with Crippen LogP contribution in [0.1, 0.15) is 19.4 Å². The summed E-state index contributed by atoms with van der Waals surface area (Å²) in [4.78, 5) is -0.325. The van der Waals surface area contributed by atoms with E-state index < -0.39 is 15.8 Å². The molecule has 1 aromatic carbocycles. The Bertz CT molecular complexity index is 632. The lowest BCUT2D eigenvalue weighted by Crippen LogP contribution is -2.29. The monoisotopic (exact) mass is 378 g/mol. The highest BCUT2D eigenvalue weighted by Gasteiger charge is 2.26. The van der Waals surface area contributed by atoms with Crippen molar-refractivity contribution in [3.63, 3.8) is 0 Å². The van der Waals surface area contributed by atoms with E-state index in [1.165, 1.54) is 13.1 Å². The van der Waals surface area contributed by atoms with Crippen LogP contribution in [0.15, 0.2) is 33.7 Å². The van der Waals surface area contributed by atoms with E-state index in [4.69, 9.17) is 0 Å². The number of benzene rings is 1. The van der Waals surface area contributed by atoms with Crippen molar-refractivity contribution in [2.24, 2.45) is 0 Å². The quantitative estimate of drug-likeness (QED) is 0.742. The molecule has 0 spiro atoms. The van der Waals surface area contributed by atoms with Crippen molar-refractivity contribution in [2.75, 3.05) is 20.1 Å². The molecule has 0 bridgehead atoms. The molecule has 1 rings (SSSR count). The van der Waals surface area contributed by atoms with Gasteiger partial charge in [0.25, 0.3) is 0 Å². The highest BCUT2D eigenvalue weighted by Crippen LogP contribution is 2.26. The highest BCUT2D eigenvalue weighted by atomic mass is 79.9. The summed E-state index contributed by atoms with van der Waals surface area (Å²) in [5, 5.41) is 2.99. The summed E-state index contributed by atoms with van der Waals surface area (Å²) >= 11 is 3.24. The maximum Gasteiger partial charge on any atom is 0.246 e. The molecule has 0 unspecified atom stereocenters. The van der Waals surface area contributed by atoms with Gasteiger partial charge in [-0.3, -0.25) is 0 Å². The molecule has 0 saturated heterocycles. The summed E-state index contributed by atoms with van der Waals surface area (Å²) in [6.45, 7) is 8.39. The number of nitrogens with one attached hydrogen (secondary N) is 1. The van der Waals surface area contributed by atoms with E-state index in [0.717, 1.165) is 4.31 Å². The third-order valence-corrected chi connectivity index (χ3v) is 5.09. The normalized spacial score (nSPS) is 11.9. The molecular formula is C14H20BrFN2O2S. The molecule has 1 N–H and O–H groups in total. The summed E-state index contributed by atoms with van der Waals surface area (Å²) in [6.07, 6.45) is 0. The molecule has 0 aliphatic carbocycles. The van der Waals surface area contributed by atoms with Crippen LogP contribution in [-0.2, 0) is 16.6 Å². The van der Waals surface area contributed by atoms with Crippen LogP contribution >= 0.6 is 15.9 Å². The van der Waals surface area contributed by atoms with Crippen LogP contribution in [-0.4, -0.2) is 32.9 Å². The fraction of sp³-hybridized carbons (Fsp3) is 0.429. The van der Waals surface area contributed by atoms with Gasteiger partial charge in [0.1, 0.15) is 10.7 Å². The Labute approximate surface area is 134 Å². The minimum atomic E-state index is -3.90. The number of halogens is 2. The first-order chi connectivity index (χ1) is 9.70. The smallest absolute Gasteiger partial charge is 0.246 e. The Hall–Kier alpha value is -0.760. The standard InChI is InChI=1S/C14H20BrFN2O2S/c1-5-17-8-11-6-12(15)7-13(14(11)16)21(19,20)18(4)9-10(2)3/h6-7,17H,2,5,8-9H2,1,3-4H3. The summed E-state index contributed by atoms with van der Waals surface area (Å²) in [6, 6.07) is 2.87. The zero-order valence-electron chi connectivity index (χ0n) is 12.4. The van der Waals surface area contributed by atoms with E-state index in [-0.39, 0.29) is 18.0 Å². The number of nitrogens with zero attached hydrogens (tertiary/aromatic N) is 1. The maximum absolute atomic E-state index is 14.5. The molecule has 118 valence electrons. The zero-order valence-corrected chi connectivity index (χ0v) is 14.8. The van der Waals surface area contributed by atoms with Crippen molar-refractivity contribution >= 4 is 26.0 Å². The second kappa shape index (κ2) is 7.49. The predicted octanol–water partition coefficient (Wildman–Crippen LogP) is 2.89. The summed E-state index contributed by atoms with van der Waals surface area (Å²) in [5.41, 5.74) is 0.998. The molecular weight excluding hydrogens is 359 g/mol. The van der Waals surface area contributed by atoms with Gasteiger partial charge in [-0.1, -0.05) is 35.0 Å². The van der Waals surface area contributed by atoms with Crippen molar-refractivity contribution in [1.82, 2.24) is 9.62 Å². The van der Waals surface area contributed by atoms with Crippen molar-refractivity contribution in [3.05, 3.63) is 40.1 Å². The minimum Gasteiger partial charge on any atom is -0.313 e. The van der Waals surface area contributed by atoms with E-state index in [2.05, 4.69) is 27.8 Å². The van der Waals surface area contributed by atoms with Gasteiger partial charge in [-0.05, 0) is 25.6 Å². The summed E-state index contributed by atoms with van der Waals surface area (Å²) in [5.74, 6) is -0.715. The largest absolute Gasteiger partial charge is 0.313 e. The third-order valence-electron chi connectivity index (χ3n) is 2.83. The molecule has 4 nitrogen and oxygen atoms in total. The van der Waals surface area contributed by atoms with E-state index in [1.807, 2.05) is 6.92 Å². The molecule has 0 aliphatic heterocycles. The number of hydrogen-bond donors (Lipinski definition) is 1. The first-order valence-corrected chi connectivity index (χ1v) is 8.72. The van der Waals surface area contributed by atoms with Gasteiger partial charge in [0.2, 0.25) is 10.0 Å². The molecule has 0 heterocycles. The molecule has 0 fully saturated rings. The van der Waals surface area contributed by atoms with Gasteiger partial charge in [-0.25, -0.2) is 12.8 Å². The summed E-state index contributed by atoms with van der Waals surface area (Å²) < 4.78 is 41.0. The lowest BCUT2D eigenvalue weighted by molar-refractivity contribution is 0.481. The third kappa shape index (κ3) is 4.60. The molecule has 0 radical (unpaired) electrons. The van der Waals surface area contributed by atoms with Crippen molar-refractivity contribution in [2.45, 2.75) is 25.3 Å². The number of hydrogen-bond acceptors (Lipinski definition) is 3. The Morgan fingerprint density at radius 1 is 1.48 bits per heavy atom. The van der Waals surface area contributed by atoms with Gasteiger partial charge < -0.3 is 5.32 Å². The van der Waals surface area contributed by atoms with E-state index >= 15 is 0 Å². The molecule has 0 saturated carbocycles. The fourth-order valence-corrected chi connectivity index (χ4v) is 3.84. The zero-order chi connectivity index (χ0) is 16.2. The van der Waals surface area contributed by atoms with Crippen LogP contribution < -0.4 is 5.32 Å². The first kappa shape index (κ1) is 18.3. The lowest BCUT2D eigenvalue weighted by atomic mass is 10.2. The van der Waals surface area contributed by atoms with Gasteiger partial charge in [0, 0.05) is 30.2 Å². The van der Waals surface area contributed by atoms with Crippen molar-refractivity contribution < 1.29 is 12.8 Å². The van der Waals surface area contributed by atoms with Crippen LogP contribution in [0.3, 0.4) is 0 Å². The predicted molar refractivity (Wildman–Crippen MR) is 86.1 cm³/mol. The number of likely N-dealkylation sites (N-methyl/N-ethyl adjacent to an activating group) is 1. The number of rotatable bonds is 7. The molecule has 0 atom stereocenters. The second-order valence-corrected chi connectivity index (χ2v) is 7.80. The maximum atomic E-state index is 14.5. The Balaban J connectivity index is 3.28. The first-order valence-electron chi connectivity index (χ1n) is 6.49. The molecule has 21 heavy (non-hydrogen) atoms. The van der Waals surface area contributed by atoms with E-state index in [9.17, 15) is 12.8 Å².